The number of H-pyrrole nitrogens is 1. The van der Waals surface area contributed by atoms with Crippen LogP contribution in [0.3, 0.4) is 0 Å². The normalized spacial score (nSPS) is 13.8. The minimum Gasteiger partial charge on any atom is -0.360 e. The molecular formula is C14H14N2S. The summed E-state index contributed by atoms with van der Waals surface area (Å²) in [5.41, 5.74) is 3.97. The molecule has 3 heteroatoms. The highest BCUT2D eigenvalue weighted by atomic mass is 32.1. The summed E-state index contributed by atoms with van der Waals surface area (Å²) < 4.78 is 0.787. The molecule has 1 aliphatic rings. The summed E-state index contributed by atoms with van der Waals surface area (Å²) in [6.45, 7) is 1.01. The molecule has 2 aromatic rings. The van der Waals surface area contributed by atoms with E-state index in [0.717, 1.165) is 23.4 Å². The summed E-state index contributed by atoms with van der Waals surface area (Å²) in [7, 11) is 2.11. The zero-order chi connectivity index (χ0) is 11.8. The summed E-state index contributed by atoms with van der Waals surface area (Å²) in [4.78, 5) is 5.54. The molecule has 2 nitrogen and oxygen atoms in total. The SMILES string of the molecule is CN1CCc2ccccc2-c2ccc(=S)[nH]c21. The first-order chi connectivity index (χ1) is 8.25. The molecule has 0 saturated heterocycles. The van der Waals surface area contributed by atoms with E-state index < -0.39 is 0 Å². The highest BCUT2D eigenvalue weighted by Gasteiger charge is 2.16. The second-order valence-corrected chi connectivity index (χ2v) is 4.85. The van der Waals surface area contributed by atoms with Gasteiger partial charge in [-0.05, 0) is 29.7 Å². The minimum atomic E-state index is 0.787. The summed E-state index contributed by atoms with van der Waals surface area (Å²) in [5.74, 6) is 1.13. The molecule has 0 unspecified atom stereocenters. The number of nitrogens with zero attached hydrogens (tertiary/aromatic N) is 1. The smallest absolute Gasteiger partial charge is 0.114 e. The molecule has 1 aromatic carbocycles. The largest absolute Gasteiger partial charge is 0.360 e. The van der Waals surface area contributed by atoms with Crippen LogP contribution >= 0.6 is 12.2 Å². The fourth-order valence-corrected chi connectivity index (χ4v) is 2.55. The van der Waals surface area contributed by atoms with Gasteiger partial charge in [-0.1, -0.05) is 36.5 Å². The summed E-state index contributed by atoms with van der Waals surface area (Å²) in [5, 5.41) is 0. The van der Waals surface area contributed by atoms with Crippen molar-refractivity contribution in [3.8, 4) is 11.1 Å². The fourth-order valence-electron chi connectivity index (χ4n) is 2.38. The maximum atomic E-state index is 5.21. The number of hydrogen-bond donors (Lipinski definition) is 1. The summed E-state index contributed by atoms with van der Waals surface area (Å²) >= 11 is 5.21. The molecule has 3 rings (SSSR count). The number of rotatable bonds is 0. The second-order valence-electron chi connectivity index (χ2n) is 4.41. The molecule has 0 bridgehead atoms. The highest BCUT2D eigenvalue weighted by Crippen LogP contribution is 2.33. The van der Waals surface area contributed by atoms with E-state index in [4.69, 9.17) is 12.2 Å². The predicted molar refractivity (Wildman–Crippen MR) is 74.0 cm³/mol. The van der Waals surface area contributed by atoms with E-state index in [-0.39, 0.29) is 0 Å². The first-order valence-corrected chi connectivity index (χ1v) is 6.19. The third-order valence-electron chi connectivity index (χ3n) is 3.30. The average Bonchev–Trinajstić information content (AvgIpc) is 2.48. The van der Waals surface area contributed by atoms with Crippen molar-refractivity contribution in [1.29, 1.82) is 0 Å². The van der Waals surface area contributed by atoms with Crippen molar-refractivity contribution in [2.75, 3.05) is 18.5 Å². The van der Waals surface area contributed by atoms with Crippen LogP contribution < -0.4 is 4.90 Å². The molecular weight excluding hydrogens is 228 g/mol. The molecule has 0 aliphatic carbocycles. The fraction of sp³-hybridized carbons (Fsp3) is 0.214. The van der Waals surface area contributed by atoms with Gasteiger partial charge in [0.25, 0.3) is 0 Å². The molecule has 1 N–H and O–H groups in total. The maximum Gasteiger partial charge on any atom is 0.114 e. The van der Waals surface area contributed by atoms with Gasteiger partial charge in [0.15, 0.2) is 0 Å². The van der Waals surface area contributed by atoms with Crippen molar-refractivity contribution in [3.05, 3.63) is 46.6 Å². The lowest BCUT2D eigenvalue weighted by Gasteiger charge is -2.18. The van der Waals surface area contributed by atoms with Gasteiger partial charge in [0.05, 0.1) is 0 Å². The Morgan fingerprint density at radius 1 is 1.12 bits per heavy atom. The molecule has 0 atom stereocenters. The third-order valence-corrected chi connectivity index (χ3v) is 3.54. The van der Waals surface area contributed by atoms with E-state index in [1.807, 2.05) is 6.07 Å². The summed E-state index contributed by atoms with van der Waals surface area (Å²) in [6, 6.07) is 12.7. The van der Waals surface area contributed by atoms with Crippen molar-refractivity contribution in [3.63, 3.8) is 0 Å². The molecule has 0 saturated carbocycles. The first kappa shape index (κ1) is 10.5. The lowest BCUT2D eigenvalue weighted by atomic mass is 10.00. The van der Waals surface area contributed by atoms with Gasteiger partial charge in [0.2, 0.25) is 0 Å². The molecule has 1 aliphatic heterocycles. The number of pyridine rings is 1. The van der Waals surface area contributed by atoms with Crippen LogP contribution in [0.15, 0.2) is 36.4 Å². The predicted octanol–water partition coefficient (Wildman–Crippen LogP) is 3.40. The lowest BCUT2D eigenvalue weighted by molar-refractivity contribution is 0.872. The maximum absolute atomic E-state index is 5.21. The van der Waals surface area contributed by atoms with Crippen molar-refractivity contribution in [2.24, 2.45) is 0 Å². The highest BCUT2D eigenvalue weighted by molar-refractivity contribution is 7.71. The first-order valence-electron chi connectivity index (χ1n) is 5.78. The van der Waals surface area contributed by atoms with E-state index in [2.05, 4.69) is 47.3 Å². The number of nitrogens with one attached hydrogen (secondary N) is 1. The molecule has 0 fully saturated rings. The van der Waals surface area contributed by atoms with E-state index in [0.29, 0.717) is 0 Å². The van der Waals surface area contributed by atoms with Crippen LogP contribution in [-0.2, 0) is 6.42 Å². The van der Waals surface area contributed by atoms with Crippen LogP contribution in [-0.4, -0.2) is 18.6 Å². The summed E-state index contributed by atoms with van der Waals surface area (Å²) in [6.07, 6.45) is 1.07. The number of fused-ring (bicyclic) bond motifs is 3. The number of aromatic nitrogens is 1. The van der Waals surface area contributed by atoms with Gasteiger partial charge in [-0.15, -0.1) is 0 Å². The second kappa shape index (κ2) is 4.00. The Labute approximate surface area is 106 Å². The molecule has 0 spiro atoms. The van der Waals surface area contributed by atoms with Crippen LogP contribution in [0, 0.1) is 4.64 Å². The van der Waals surface area contributed by atoms with Crippen molar-refractivity contribution < 1.29 is 0 Å². The van der Waals surface area contributed by atoms with Gasteiger partial charge in [-0.25, -0.2) is 0 Å². The van der Waals surface area contributed by atoms with Crippen LogP contribution in [0.25, 0.3) is 11.1 Å². The average molecular weight is 242 g/mol. The van der Waals surface area contributed by atoms with Crippen LogP contribution in [0.5, 0.6) is 0 Å². The van der Waals surface area contributed by atoms with Crippen LogP contribution in [0.1, 0.15) is 5.56 Å². The van der Waals surface area contributed by atoms with Gasteiger partial charge in [0, 0.05) is 19.2 Å². The lowest BCUT2D eigenvalue weighted by Crippen LogP contribution is -2.20. The monoisotopic (exact) mass is 242 g/mol. The van der Waals surface area contributed by atoms with Crippen LogP contribution in [0.2, 0.25) is 0 Å². The number of anilines is 1. The Morgan fingerprint density at radius 3 is 2.82 bits per heavy atom. The Bertz CT molecular complexity index is 616. The standard InChI is InChI=1S/C14H14N2S/c1-16-9-8-10-4-2-3-5-11(10)12-6-7-13(17)15-14(12)16/h2-7H,8-9H2,1H3,(H,15,17). The third kappa shape index (κ3) is 1.76. The molecule has 2 heterocycles. The Kier molecular flexibility index (Phi) is 2.48. The molecule has 0 radical (unpaired) electrons. The van der Waals surface area contributed by atoms with Crippen LogP contribution in [0.4, 0.5) is 5.82 Å². The Balaban J connectivity index is 2.31. The quantitative estimate of drug-likeness (QED) is 0.714. The topological polar surface area (TPSA) is 19.0 Å². The van der Waals surface area contributed by atoms with Gasteiger partial charge >= 0.3 is 0 Å². The van der Waals surface area contributed by atoms with Crippen molar-refractivity contribution >= 4 is 18.0 Å². The van der Waals surface area contributed by atoms with E-state index >= 15 is 0 Å². The molecule has 86 valence electrons. The number of benzene rings is 1. The zero-order valence-electron chi connectivity index (χ0n) is 9.73. The van der Waals surface area contributed by atoms with Gasteiger partial charge in [-0.2, -0.15) is 0 Å². The molecule has 17 heavy (non-hydrogen) atoms. The number of likely N-dealkylation sites (N-methyl/N-ethyl adjacent to an activating group) is 1. The number of aromatic amines is 1. The van der Waals surface area contributed by atoms with E-state index in [1.54, 1.807) is 0 Å². The zero-order valence-corrected chi connectivity index (χ0v) is 10.6. The van der Waals surface area contributed by atoms with Gasteiger partial charge in [-0.3, -0.25) is 0 Å². The van der Waals surface area contributed by atoms with Gasteiger partial charge < -0.3 is 9.88 Å². The van der Waals surface area contributed by atoms with Gasteiger partial charge in [0.1, 0.15) is 10.5 Å². The van der Waals surface area contributed by atoms with E-state index in [1.165, 1.54) is 16.7 Å². The van der Waals surface area contributed by atoms with Crippen molar-refractivity contribution in [1.82, 2.24) is 4.98 Å². The Morgan fingerprint density at radius 2 is 1.94 bits per heavy atom. The van der Waals surface area contributed by atoms with E-state index in [9.17, 15) is 0 Å². The minimum absolute atomic E-state index is 0.787. The number of hydrogen-bond acceptors (Lipinski definition) is 2. The Hall–Kier alpha value is -1.61. The van der Waals surface area contributed by atoms with Crippen molar-refractivity contribution in [2.45, 2.75) is 6.42 Å². The molecule has 1 aromatic heterocycles. The molecule has 0 amide bonds.